The van der Waals surface area contributed by atoms with E-state index in [2.05, 4.69) is 9.97 Å². The molecule has 1 N–H and O–H groups in total. The van der Waals surface area contributed by atoms with E-state index in [-0.39, 0.29) is 0 Å². The summed E-state index contributed by atoms with van der Waals surface area (Å²) in [5.74, 6) is 0. The summed E-state index contributed by atoms with van der Waals surface area (Å²) >= 11 is 17.4. The molecular weight excluding hydrogens is 301 g/mol. The monoisotopic (exact) mass is 309 g/mol. The van der Waals surface area contributed by atoms with Gasteiger partial charge in [-0.3, -0.25) is 4.57 Å². The van der Waals surface area contributed by atoms with Crippen LogP contribution in [-0.4, -0.2) is 14.5 Å². The number of hydrogen-bond acceptors (Lipinski definition) is 2. The van der Waals surface area contributed by atoms with E-state index in [0.717, 1.165) is 22.4 Å². The number of aryl methyl sites for hydroxylation is 1. The predicted molar refractivity (Wildman–Crippen MR) is 81.0 cm³/mol. The molecule has 0 amide bonds. The van der Waals surface area contributed by atoms with E-state index in [4.69, 9.17) is 35.4 Å². The first-order valence-electron chi connectivity index (χ1n) is 5.59. The highest BCUT2D eigenvalue weighted by molar-refractivity contribution is 7.71. The van der Waals surface area contributed by atoms with Crippen molar-refractivity contribution in [3.8, 4) is 5.69 Å². The molecule has 2 aromatic heterocycles. The number of benzene rings is 1. The SMILES string of the molecule is Cc1ccnc2c1[nH]c(=S)n2-c1ccc(Cl)c(Cl)c1. The molecule has 0 aliphatic carbocycles. The molecule has 3 aromatic rings. The van der Waals surface area contributed by atoms with Crippen LogP contribution in [0.5, 0.6) is 0 Å². The van der Waals surface area contributed by atoms with Gasteiger partial charge in [-0.05, 0) is 49.0 Å². The zero-order chi connectivity index (χ0) is 13.6. The number of rotatable bonds is 1. The zero-order valence-corrected chi connectivity index (χ0v) is 12.3. The van der Waals surface area contributed by atoms with Crippen LogP contribution in [-0.2, 0) is 0 Å². The second-order valence-corrected chi connectivity index (χ2v) is 5.39. The largest absolute Gasteiger partial charge is 0.329 e. The van der Waals surface area contributed by atoms with Crippen LogP contribution >= 0.6 is 35.4 Å². The third kappa shape index (κ3) is 2.06. The predicted octanol–water partition coefficient (Wildman–Crippen LogP) is 4.70. The summed E-state index contributed by atoms with van der Waals surface area (Å²) in [5.41, 5.74) is 3.64. The molecule has 19 heavy (non-hydrogen) atoms. The van der Waals surface area contributed by atoms with Crippen molar-refractivity contribution in [1.29, 1.82) is 0 Å². The van der Waals surface area contributed by atoms with Crippen LogP contribution in [0.1, 0.15) is 5.56 Å². The number of H-pyrrole nitrogens is 1. The number of aromatic nitrogens is 3. The number of hydrogen-bond donors (Lipinski definition) is 1. The van der Waals surface area contributed by atoms with Gasteiger partial charge in [-0.1, -0.05) is 23.2 Å². The average Bonchev–Trinajstić information content (AvgIpc) is 2.71. The van der Waals surface area contributed by atoms with Crippen LogP contribution in [0.3, 0.4) is 0 Å². The maximum absolute atomic E-state index is 6.06. The number of nitrogens with zero attached hydrogens (tertiary/aromatic N) is 2. The van der Waals surface area contributed by atoms with Gasteiger partial charge in [0.1, 0.15) is 0 Å². The molecule has 3 nitrogen and oxygen atoms in total. The first-order valence-corrected chi connectivity index (χ1v) is 6.76. The Balaban J connectivity index is 2.36. The van der Waals surface area contributed by atoms with Gasteiger partial charge >= 0.3 is 0 Å². The molecule has 0 bridgehead atoms. The van der Waals surface area contributed by atoms with Gasteiger partial charge < -0.3 is 4.98 Å². The smallest absolute Gasteiger partial charge is 0.184 e. The summed E-state index contributed by atoms with van der Waals surface area (Å²) in [6.45, 7) is 2.01. The van der Waals surface area contributed by atoms with Crippen LogP contribution in [0.25, 0.3) is 16.9 Å². The minimum atomic E-state index is 0.489. The molecule has 0 saturated carbocycles. The highest BCUT2D eigenvalue weighted by Crippen LogP contribution is 2.27. The number of pyridine rings is 1. The number of halogens is 2. The van der Waals surface area contributed by atoms with Gasteiger partial charge in [-0.2, -0.15) is 0 Å². The molecule has 0 aliphatic rings. The van der Waals surface area contributed by atoms with E-state index in [1.807, 2.05) is 23.6 Å². The van der Waals surface area contributed by atoms with Gasteiger partial charge in [0.25, 0.3) is 0 Å². The summed E-state index contributed by atoms with van der Waals surface area (Å²) in [6, 6.07) is 7.32. The molecule has 0 atom stereocenters. The molecule has 6 heteroatoms. The molecular formula is C13H9Cl2N3S. The second kappa shape index (κ2) is 4.63. The summed E-state index contributed by atoms with van der Waals surface area (Å²) in [5, 5.41) is 1.00. The Morgan fingerprint density at radius 3 is 2.74 bits per heavy atom. The minimum absolute atomic E-state index is 0.489. The van der Waals surface area contributed by atoms with Crippen molar-refractivity contribution < 1.29 is 0 Å². The fraction of sp³-hybridized carbons (Fsp3) is 0.0769. The van der Waals surface area contributed by atoms with Crippen molar-refractivity contribution >= 4 is 46.6 Å². The molecule has 0 spiro atoms. The van der Waals surface area contributed by atoms with Crippen LogP contribution in [0.2, 0.25) is 10.0 Å². The molecule has 0 unspecified atom stereocenters. The standard InChI is InChI=1S/C13H9Cl2N3S/c1-7-4-5-16-12-11(7)17-13(19)18(12)8-2-3-9(14)10(15)6-8/h2-6H,1H3,(H,17,19). The molecule has 2 heterocycles. The fourth-order valence-corrected chi connectivity index (χ4v) is 2.58. The van der Waals surface area contributed by atoms with Gasteiger partial charge in [0.15, 0.2) is 10.4 Å². The van der Waals surface area contributed by atoms with Crippen molar-refractivity contribution in [2.24, 2.45) is 0 Å². The first kappa shape index (κ1) is 12.7. The average molecular weight is 310 g/mol. The number of nitrogens with one attached hydrogen (secondary N) is 1. The Morgan fingerprint density at radius 1 is 1.21 bits per heavy atom. The van der Waals surface area contributed by atoms with Crippen molar-refractivity contribution in [3.05, 3.63) is 50.8 Å². The molecule has 96 valence electrons. The molecule has 0 radical (unpaired) electrons. The van der Waals surface area contributed by atoms with E-state index >= 15 is 0 Å². The lowest BCUT2D eigenvalue weighted by atomic mass is 10.2. The highest BCUT2D eigenvalue weighted by atomic mass is 35.5. The van der Waals surface area contributed by atoms with Gasteiger partial charge in [0.05, 0.1) is 21.2 Å². The Bertz CT molecular complexity index is 836. The van der Waals surface area contributed by atoms with Crippen LogP contribution in [0, 0.1) is 11.7 Å². The van der Waals surface area contributed by atoms with Crippen LogP contribution in [0.4, 0.5) is 0 Å². The van der Waals surface area contributed by atoms with E-state index in [0.29, 0.717) is 14.8 Å². The molecule has 0 aliphatic heterocycles. The molecule has 3 rings (SSSR count). The first-order chi connectivity index (χ1) is 9.08. The van der Waals surface area contributed by atoms with Crippen molar-refractivity contribution in [1.82, 2.24) is 14.5 Å². The summed E-state index contributed by atoms with van der Waals surface area (Å²) in [7, 11) is 0. The third-order valence-electron chi connectivity index (χ3n) is 2.95. The van der Waals surface area contributed by atoms with Crippen LogP contribution < -0.4 is 0 Å². The number of fused-ring (bicyclic) bond motifs is 1. The second-order valence-electron chi connectivity index (χ2n) is 4.19. The van der Waals surface area contributed by atoms with Gasteiger partial charge in [0.2, 0.25) is 0 Å². The van der Waals surface area contributed by atoms with E-state index < -0.39 is 0 Å². The van der Waals surface area contributed by atoms with E-state index in [9.17, 15) is 0 Å². The lowest BCUT2D eigenvalue weighted by molar-refractivity contribution is 1.04. The Labute approximate surface area is 124 Å². The Kier molecular flexibility index (Phi) is 3.09. The Hall–Kier alpha value is -1.36. The normalized spacial score (nSPS) is 11.1. The maximum atomic E-state index is 6.06. The van der Waals surface area contributed by atoms with Gasteiger partial charge in [0, 0.05) is 6.20 Å². The zero-order valence-electron chi connectivity index (χ0n) is 9.95. The van der Waals surface area contributed by atoms with Gasteiger partial charge in [-0.15, -0.1) is 0 Å². The summed E-state index contributed by atoms with van der Waals surface area (Å²) < 4.78 is 2.43. The summed E-state index contributed by atoms with van der Waals surface area (Å²) in [4.78, 5) is 7.55. The highest BCUT2D eigenvalue weighted by Gasteiger charge is 2.10. The lowest BCUT2D eigenvalue weighted by Gasteiger charge is -2.05. The Morgan fingerprint density at radius 2 is 2.00 bits per heavy atom. The van der Waals surface area contributed by atoms with E-state index in [1.54, 1.807) is 18.3 Å². The van der Waals surface area contributed by atoms with Crippen molar-refractivity contribution in [3.63, 3.8) is 0 Å². The molecule has 0 fully saturated rings. The van der Waals surface area contributed by atoms with Gasteiger partial charge in [-0.25, -0.2) is 4.98 Å². The maximum Gasteiger partial charge on any atom is 0.184 e. The minimum Gasteiger partial charge on any atom is -0.329 e. The lowest BCUT2D eigenvalue weighted by Crippen LogP contribution is -1.95. The fourth-order valence-electron chi connectivity index (χ4n) is 1.99. The number of aromatic amines is 1. The van der Waals surface area contributed by atoms with Crippen LogP contribution in [0.15, 0.2) is 30.5 Å². The molecule has 0 saturated heterocycles. The van der Waals surface area contributed by atoms with Crippen molar-refractivity contribution in [2.45, 2.75) is 6.92 Å². The summed E-state index contributed by atoms with van der Waals surface area (Å²) in [6.07, 6.45) is 1.76. The van der Waals surface area contributed by atoms with Crippen molar-refractivity contribution in [2.75, 3.05) is 0 Å². The number of imidazole rings is 1. The third-order valence-corrected chi connectivity index (χ3v) is 3.97. The quantitative estimate of drug-likeness (QED) is 0.661. The topological polar surface area (TPSA) is 33.6 Å². The molecule has 1 aromatic carbocycles. The van der Waals surface area contributed by atoms with E-state index in [1.165, 1.54) is 0 Å².